The highest BCUT2D eigenvalue weighted by atomic mass is 19.3. The molecular formula is C15H21F2N3O. The SMILES string of the molecule is FC(F)Oc1ccccc1CN1CCN(C2CNC2)CC1. The van der Waals surface area contributed by atoms with Crippen molar-refractivity contribution < 1.29 is 13.5 Å². The lowest BCUT2D eigenvalue weighted by atomic mass is 10.1. The number of hydrogen-bond acceptors (Lipinski definition) is 4. The summed E-state index contributed by atoms with van der Waals surface area (Å²) in [4.78, 5) is 4.81. The first-order chi connectivity index (χ1) is 10.2. The summed E-state index contributed by atoms with van der Waals surface area (Å²) in [5.74, 6) is 0.290. The Morgan fingerprint density at radius 3 is 2.48 bits per heavy atom. The number of alkyl halides is 2. The molecule has 116 valence electrons. The highest BCUT2D eigenvalue weighted by molar-refractivity contribution is 5.33. The van der Waals surface area contributed by atoms with E-state index in [0.29, 0.717) is 12.6 Å². The molecule has 4 nitrogen and oxygen atoms in total. The third kappa shape index (κ3) is 3.70. The van der Waals surface area contributed by atoms with Gasteiger partial charge in [-0.25, -0.2) is 0 Å². The Bertz CT molecular complexity index is 460. The minimum absolute atomic E-state index is 0.290. The van der Waals surface area contributed by atoms with E-state index in [-0.39, 0.29) is 5.75 Å². The molecule has 2 heterocycles. The number of benzene rings is 1. The Labute approximate surface area is 123 Å². The van der Waals surface area contributed by atoms with Crippen LogP contribution in [0.25, 0.3) is 0 Å². The largest absolute Gasteiger partial charge is 0.434 e. The monoisotopic (exact) mass is 297 g/mol. The molecule has 0 saturated carbocycles. The average Bonchev–Trinajstić information content (AvgIpc) is 2.41. The van der Waals surface area contributed by atoms with Gasteiger partial charge in [0.2, 0.25) is 0 Å². The number of rotatable bonds is 5. The van der Waals surface area contributed by atoms with E-state index in [4.69, 9.17) is 0 Å². The van der Waals surface area contributed by atoms with Crippen molar-refractivity contribution in [3.8, 4) is 5.75 Å². The van der Waals surface area contributed by atoms with E-state index in [2.05, 4.69) is 19.9 Å². The molecule has 0 bridgehead atoms. The fourth-order valence-electron chi connectivity index (χ4n) is 2.90. The second-order valence-electron chi connectivity index (χ2n) is 5.61. The van der Waals surface area contributed by atoms with Crippen LogP contribution in [-0.2, 0) is 6.54 Å². The van der Waals surface area contributed by atoms with Gasteiger partial charge >= 0.3 is 6.61 Å². The zero-order valence-electron chi connectivity index (χ0n) is 12.0. The van der Waals surface area contributed by atoms with Crippen molar-refractivity contribution in [3.05, 3.63) is 29.8 Å². The van der Waals surface area contributed by atoms with E-state index < -0.39 is 6.61 Å². The van der Waals surface area contributed by atoms with Crippen LogP contribution >= 0.6 is 0 Å². The molecule has 1 aromatic carbocycles. The molecule has 1 aromatic rings. The Hall–Kier alpha value is -1.24. The van der Waals surface area contributed by atoms with Gasteiger partial charge in [-0.15, -0.1) is 0 Å². The van der Waals surface area contributed by atoms with Gasteiger partial charge in [0.25, 0.3) is 0 Å². The second kappa shape index (κ2) is 6.68. The van der Waals surface area contributed by atoms with Gasteiger partial charge in [-0.05, 0) is 6.07 Å². The molecule has 2 aliphatic heterocycles. The van der Waals surface area contributed by atoms with Crippen molar-refractivity contribution in [2.45, 2.75) is 19.2 Å². The number of ether oxygens (including phenoxy) is 1. The van der Waals surface area contributed by atoms with Gasteiger partial charge in [-0.2, -0.15) is 8.78 Å². The summed E-state index contributed by atoms with van der Waals surface area (Å²) in [5, 5.41) is 3.29. The molecule has 0 amide bonds. The van der Waals surface area contributed by atoms with E-state index in [0.717, 1.165) is 44.8 Å². The molecule has 1 N–H and O–H groups in total. The first-order valence-electron chi connectivity index (χ1n) is 7.42. The average molecular weight is 297 g/mol. The molecule has 0 spiro atoms. The lowest BCUT2D eigenvalue weighted by molar-refractivity contribution is -0.0509. The Morgan fingerprint density at radius 1 is 1.14 bits per heavy atom. The van der Waals surface area contributed by atoms with Crippen LogP contribution in [0.4, 0.5) is 8.78 Å². The van der Waals surface area contributed by atoms with Crippen LogP contribution in [-0.4, -0.2) is 61.7 Å². The fourth-order valence-corrected chi connectivity index (χ4v) is 2.90. The minimum atomic E-state index is -2.77. The molecule has 2 saturated heterocycles. The Balaban J connectivity index is 1.55. The van der Waals surface area contributed by atoms with Crippen LogP contribution in [0.1, 0.15) is 5.56 Å². The first-order valence-corrected chi connectivity index (χ1v) is 7.42. The fraction of sp³-hybridized carbons (Fsp3) is 0.600. The van der Waals surface area contributed by atoms with Crippen LogP contribution in [0.5, 0.6) is 5.75 Å². The third-order valence-corrected chi connectivity index (χ3v) is 4.27. The molecule has 2 fully saturated rings. The molecule has 0 unspecified atom stereocenters. The number of hydrogen-bond donors (Lipinski definition) is 1. The van der Waals surface area contributed by atoms with E-state index in [1.165, 1.54) is 0 Å². The predicted molar refractivity (Wildman–Crippen MR) is 76.6 cm³/mol. The van der Waals surface area contributed by atoms with E-state index in [9.17, 15) is 8.78 Å². The molecule has 0 aromatic heterocycles. The summed E-state index contributed by atoms with van der Waals surface area (Å²) in [7, 11) is 0. The van der Waals surface area contributed by atoms with Crippen molar-refractivity contribution in [2.75, 3.05) is 39.3 Å². The van der Waals surface area contributed by atoms with Crippen molar-refractivity contribution in [1.29, 1.82) is 0 Å². The second-order valence-corrected chi connectivity index (χ2v) is 5.61. The molecule has 6 heteroatoms. The Morgan fingerprint density at radius 2 is 1.86 bits per heavy atom. The Kier molecular flexibility index (Phi) is 4.67. The van der Waals surface area contributed by atoms with Crippen LogP contribution in [0.2, 0.25) is 0 Å². The zero-order valence-corrected chi connectivity index (χ0v) is 12.0. The van der Waals surface area contributed by atoms with E-state index in [1.54, 1.807) is 12.1 Å². The first kappa shape index (κ1) is 14.7. The van der Waals surface area contributed by atoms with Gasteiger partial charge in [0.1, 0.15) is 5.75 Å². The topological polar surface area (TPSA) is 27.7 Å². The summed E-state index contributed by atoms with van der Waals surface area (Å²) >= 11 is 0. The van der Waals surface area contributed by atoms with Crippen LogP contribution < -0.4 is 10.1 Å². The van der Waals surface area contributed by atoms with Gasteiger partial charge in [0.15, 0.2) is 0 Å². The lowest BCUT2D eigenvalue weighted by Crippen LogP contribution is -2.61. The molecule has 2 aliphatic rings. The van der Waals surface area contributed by atoms with Crippen molar-refractivity contribution >= 4 is 0 Å². The number of para-hydroxylation sites is 1. The van der Waals surface area contributed by atoms with Crippen molar-refractivity contribution in [3.63, 3.8) is 0 Å². The summed E-state index contributed by atoms with van der Waals surface area (Å²) in [5.41, 5.74) is 0.830. The predicted octanol–water partition coefficient (Wildman–Crippen LogP) is 1.38. The van der Waals surface area contributed by atoms with Crippen molar-refractivity contribution in [1.82, 2.24) is 15.1 Å². The minimum Gasteiger partial charge on any atom is -0.434 e. The van der Waals surface area contributed by atoms with Gasteiger partial charge in [0.05, 0.1) is 0 Å². The number of nitrogens with zero attached hydrogens (tertiary/aromatic N) is 2. The van der Waals surface area contributed by atoms with Gasteiger partial charge in [-0.3, -0.25) is 9.80 Å². The normalized spacial score (nSPS) is 21.5. The lowest BCUT2D eigenvalue weighted by Gasteiger charge is -2.43. The van der Waals surface area contributed by atoms with Crippen LogP contribution in [0.3, 0.4) is 0 Å². The van der Waals surface area contributed by atoms with Gasteiger partial charge < -0.3 is 10.1 Å². The molecular weight excluding hydrogens is 276 g/mol. The smallest absolute Gasteiger partial charge is 0.387 e. The summed E-state index contributed by atoms with van der Waals surface area (Å²) < 4.78 is 29.4. The van der Waals surface area contributed by atoms with Crippen molar-refractivity contribution in [2.24, 2.45) is 0 Å². The number of nitrogens with one attached hydrogen (secondary N) is 1. The molecule has 0 atom stereocenters. The zero-order chi connectivity index (χ0) is 14.7. The highest BCUT2D eigenvalue weighted by Crippen LogP contribution is 2.22. The number of halogens is 2. The maximum absolute atomic E-state index is 12.4. The molecule has 0 radical (unpaired) electrons. The molecule has 3 rings (SSSR count). The van der Waals surface area contributed by atoms with E-state index >= 15 is 0 Å². The maximum Gasteiger partial charge on any atom is 0.387 e. The van der Waals surface area contributed by atoms with Crippen LogP contribution in [0.15, 0.2) is 24.3 Å². The maximum atomic E-state index is 12.4. The summed E-state index contributed by atoms with van der Waals surface area (Å²) in [6.45, 7) is 4.11. The highest BCUT2D eigenvalue weighted by Gasteiger charge is 2.27. The number of piperazine rings is 1. The molecule has 0 aliphatic carbocycles. The standard InChI is InChI=1S/C15H21F2N3O/c16-15(17)21-14-4-2-1-3-12(14)11-19-5-7-20(8-6-19)13-9-18-10-13/h1-4,13,15,18H,5-11H2. The molecule has 21 heavy (non-hydrogen) atoms. The third-order valence-electron chi connectivity index (χ3n) is 4.27. The van der Waals surface area contributed by atoms with Gasteiger partial charge in [0, 0.05) is 57.4 Å². The summed E-state index contributed by atoms with van der Waals surface area (Å²) in [6, 6.07) is 7.74. The van der Waals surface area contributed by atoms with Gasteiger partial charge in [-0.1, -0.05) is 18.2 Å². The summed E-state index contributed by atoms with van der Waals surface area (Å²) in [6.07, 6.45) is 0. The van der Waals surface area contributed by atoms with E-state index in [1.807, 2.05) is 12.1 Å². The van der Waals surface area contributed by atoms with Crippen LogP contribution in [0, 0.1) is 0 Å². The quantitative estimate of drug-likeness (QED) is 0.888.